The maximum atomic E-state index is 12.4. The molecule has 4 rings (SSSR count). The Morgan fingerprint density at radius 1 is 1.21 bits per heavy atom. The molecule has 172 valence electrons. The quantitative estimate of drug-likeness (QED) is 0.213. The maximum absolute atomic E-state index is 12.4. The molecule has 4 aromatic rings. The van der Waals surface area contributed by atoms with Crippen molar-refractivity contribution >= 4 is 40.6 Å². The normalized spacial score (nSPS) is 11.0. The molecule has 1 N–H and O–H groups in total. The first-order valence-electron chi connectivity index (χ1n) is 10.1. The summed E-state index contributed by atoms with van der Waals surface area (Å²) in [4.78, 5) is 27.3. The number of amides is 1. The molecule has 2 heterocycles. The number of carbonyl (C=O) groups is 1. The van der Waals surface area contributed by atoms with Gasteiger partial charge in [0.25, 0.3) is 5.69 Å². The van der Waals surface area contributed by atoms with Crippen LogP contribution in [0.25, 0.3) is 11.7 Å². The molecule has 0 radical (unpaired) electrons. The Labute approximate surface area is 199 Å². The largest absolute Gasteiger partial charge is 0.493 e. The van der Waals surface area contributed by atoms with Crippen LogP contribution >= 0.6 is 11.6 Å². The van der Waals surface area contributed by atoms with E-state index in [0.29, 0.717) is 22.7 Å². The molecule has 1 amide bonds. The maximum Gasteiger partial charge on any atom is 0.288 e. The zero-order chi connectivity index (χ0) is 24.1. The molecule has 0 saturated carbocycles. The number of imidazole rings is 1. The number of nitro benzene ring substituents is 1. The highest BCUT2D eigenvalue weighted by Gasteiger charge is 2.12. The fourth-order valence-electron chi connectivity index (χ4n) is 3.20. The molecule has 2 aromatic heterocycles. The van der Waals surface area contributed by atoms with Crippen LogP contribution in [0, 0.1) is 10.1 Å². The van der Waals surface area contributed by atoms with Gasteiger partial charge in [-0.3, -0.25) is 14.9 Å². The molecule has 0 unspecified atom stereocenters. The van der Waals surface area contributed by atoms with Crippen molar-refractivity contribution in [2.24, 2.45) is 0 Å². The van der Waals surface area contributed by atoms with Crippen molar-refractivity contribution in [3.63, 3.8) is 0 Å². The number of hydrogen-bond donors (Lipinski definition) is 1. The lowest BCUT2D eigenvalue weighted by Crippen LogP contribution is -2.08. The fraction of sp³-hybridized carbons (Fsp3) is 0.0833. The molecule has 9 nitrogen and oxygen atoms in total. The average Bonchev–Trinajstić information content (AvgIpc) is 3.25. The number of hydrogen-bond acceptors (Lipinski definition) is 6. The number of rotatable bonds is 8. The topological polar surface area (TPSA) is 108 Å². The number of halogens is 1. The number of methoxy groups -OCH3 is 1. The highest BCUT2D eigenvalue weighted by atomic mass is 35.5. The molecule has 0 aliphatic heterocycles. The molecule has 0 saturated heterocycles. The highest BCUT2D eigenvalue weighted by Crippen LogP contribution is 2.31. The number of aromatic nitrogens is 2. The van der Waals surface area contributed by atoms with Crippen LogP contribution in [0.15, 0.2) is 73.1 Å². The van der Waals surface area contributed by atoms with Gasteiger partial charge in [-0.05, 0) is 42.0 Å². The van der Waals surface area contributed by atoms with Crippen LogP contribution in [0.2, 0.25) is 5.02 Å². The number of anilines is 1. The van der Waals surface area contributed by atoms with Gasteiger partial charge in [0.15, 0.2) is 11.5 Å². The van der Waals surface area contributed by atoms with Gasteiger partial charge in [0.1, 0.15) is 17.3 Å². The van der Waals surface area contributed by atoms with Crippen molar-refractivity contribution in [3.8, 4) is 11.5 Å². The Kier molecular flexibility index (Phi) is 6.74. The van der Waals surface area contributed by atoms with Crippen LogP contribution in [-0.4, -0.2) is 27.3 Å². The molecule has 0 atom stereocenters. The minimum absolute atomic E-state index is 0.0287. The number of benzene rings is 2. The predicted molar refractivity (Wildman–Crippen MR) is 128 cm³/mol. The summed E-state index contributed by atoms with van der Waals surface area (Å²) < 4.78 is 13.1. The monoisotopic (exact) mass is 478 g/mol. The third kappa shape index (κ3) is 5.33. The summed E-state index contributed by atoms with van der Waals surface area (Å²) in [6.45, 7) is 0.213. The molecule has 0 bridgehead atoms. The van der Waals surface area contributed by atoms with E-state index in [1.54, 1.807) is 24.3 Å². The number of carbonyl (C=O) groups excluding carboxylic acids is 1. The SMILES string of the molecule is COc1ccc(NC(=O)/C=C/c2ccc(Cl)c([N+](=O)[O-])c2)cc1OCc1cn2ccccc2n1. The second-order valence-electron chi connectivity index (χ2n) is 7.14. The summed E-state index contributed by atoms with van der Waals surface area (Å²) in [5.74, 6) is 0.523. The van der Waals surface area contributed by atoms with Gasteiger partial charge >= 0.3 is 0 Å². The lowest BCUT2D eigenvalue weighted by Gasteiger charge is -2.12. The third-order valence-electron chi connectivity index (χ3n) is 4.81. The van der Waals surface area contributed by atoms with Crippen LogP contribution in [0.4, 0.5) is 11.4 Å². The van der Waals surface area contributed by atoms with Gasteiger partial charge in [-0.2, -0.15) is 0 Å². The molecule has 10 heteroatoms. The Hall–Kier alpha value is -4.37. The van der Waals surface area contributed by atoms with E-state index in [-0.39, 0.29) is 17.3 Å². The molecule has 0 spiro atoms. The van der Waals surface area contributed by atoms with Crippen molar-refractivity contribution in [1.82, 2.24) is 9.38 Å². The van der Waals surface area contributed by atoms with E-state index >= 15 is 0 Å². The number of fused-ring (bicyclic) bond motifs is 1. The van der Waals surface area contributed by atoms with Crippen LogP contribution in [0.5, 0.6) is 11.5 Å². The van der Waals surface area contributed by atoms with Crippen molar-refractivity contribution in [2.45, 2.75) is 6.61 Å². The Morgan fingerprint density at radius 3 is 2.82 bits per heavy atom. The number of nitro groups is 1. The van der Waals surface area contributed by atoms with Crippen molar-refractivity contribution in [3.05, 3.63) is 99.5 Å². The van der Waals surface area contributed by atoms with Gasteiger partial charge in [0.05, 0.1) is 17.7 Å². The first-order valence-corrected chi connectivity index (χ1v) is 10.5. The minimum Gasteiger partial charge on any atom is -0.493 e. The molecular formula is C24H19ClN4O5. The zero-order valence-electron chi connectivity index (χ0n) is 18.0. The number of pyridine rings is 1. The number of nitrogens with zero attached hydrogens (tertiary/aromatic N) is 3. The van der Waals surface area contributed by atoms with E-state index in [0.717, 1.165) is 11.3 Å². The Bertz CT molecular complexity index is 1370. The van der Waals surface area contributed by atoms with Gasteiger partial charge in [-0.15, -0.1) is 0 Å². The summed E-state index contributed by atoms with van der Waals surface area (Å²) in [6.07, 6.45) is 6.51. The van der Waals surface area contributed by atoms with Crippen LogP contribution < -0.4 is 14.8 Å². The smallest absolute Gasteiger partial charge is 0.288 e. The lowest BCUT2D eigenvalue weighted by molar-refractivity contribution is -0.384. The molecule has 2 aromatic carbocycles. The average molecular weight is 479 g/mol. The van der Waals surface area contributed by atoms with Crippen LogP contribution in [-0.2, 0) is 11.4 Å². The van der Waals surface area contributed by atoms with Crippen LogP contribution in [0.3, 0.4) is 0 Å². The molecule has 0 aliphatic carbocycles. The summed E-state index contributed by atoms with van der Waals surface area (Å²) in [5.41, 5.74) is 2.28. The second kappa shape index (κ2) is 10.1. The Balaban J connectivity index is 1.44. The molecular weight excluding hydrogens is 460 g/mol. The van der Waals surface area contributed by atoms with Crippen molar-refractivity contribution in [1.29, 1.82) is 0 Å². The number of nitrogens with one attached hydrogen (secondary N) is 1. The van der Waals surface area contributed by atoms with Gasteiger partial charge in [0, 0.05) is 36.3 Å². The van der Waals surface area contributed by atoms with E-state index < -0.39 is 10.8 Å². The van der Waals surface area contributed by atoms with E-state index in [1.165, 1.54) is 31.4 Å². The summed E-state index contributed by atoms with van der Waals surface area (Å²) in [7, 11) is 1.53. The summed E-state index contributed by atoms with van der Waals surface area (Å²) >= 11 is 5.81. The number of ether oxygens (including phenoxy) is 2. The van der Waals surface area contributed by atoms with E-state index in [1.807, 2.05) is 35.0 Å². The van der Waals surface area contributed by atoms with E-state index in [4.69, 9.17) is 21.1 Å². The molecule has 0 aliphatic rings. The molecule has 0 fully saturated rings. The lowest BCUT2D eigenvalue weighted by atomic mass is 10.2. The van der Waals surface area contributed by atoms with Crippen molar-refractivity contribution < 1.29 is 19.2 Å². The summed E-state index contributed by atoms with van der Waals surface area (Å²) in [5, 5.41) is 13.8. The van der Waals surface area contributed by atoms with Crippen LogP contribution in [0.1, 0.15) is 11.3 Å². The van der Waals surface area contributed by atoms with Gasteiger partial charge < -0.3 is 19.2 Å². The fourth-order valence-corrected chi connectivity index (χ4v) is 3.39. The van der Waals surface area contributed by atoms with Gasteiger partial charge in [0.2, 0.25) is 5.91 Å². The second-order valence-corrected chi connectivity index (χ2v) is 7.55. The first kappa shape index (κ1) is 22.8. The zero-order valence-corrected chi connectivity index (χ0v) is 18.7. The standard InChI is InChI=1S/C24H19ClN4O5/c1-33-21-9-7-17(13-22(21)34-15-18-14-28-11-3-2-4-23(28)26-18)27-24(30)10-6-16-5-8-19(25)20(12-16)29(31)32/h2-14H,15H2,1H3,(H,27,30)/b10-6+. The highest BCUT2D eigenvalue weighted by molar-refractivity contribution is 6.32. The minimum atomic E-state index is -0.578. The first-order chi connectivity index (χ1) is 16.4. The third-order valence-corrected chi connectivity index (χ3v) is 5.13. The van der Waals surface area contributed by atoms with E-state index in [9.17, 15) is 14.9 Å². The molecule has 34 heavy (non-hydrogen) atoms. The summed E-state index contributed by atoms with van der Waals surface area (Å²) in [6, 6.07) is 15.0. The van der Waals surface area contributed by atoms with E-state index in [2.05, 4.69) is 10.3 Å². The Morgan fingerprint density at radius 2 is 2.06 bits per heavy atom. The van der Waals surface area contributed by atoms with Gasteiger partial charge in [-0.25, -0.2) is 4.98 Å². The predicted octanol–water partition coefficient (Wildman–Crippen LogP) is 5.14. The van der Waals surface area contributed by atoms with Gasteiger partial charge in [-0.1, -0.05) is 23.7 Å². The van der Waals surface area contributed by atoms with Crippen molar-refractivity contribution in [2.75, 3.05) is 12.4 Å².